The van der Waals surface area contributed by atoms with E-state index in [-0.39, 0.29) is 23.2 Å². The van der Waals surface area contributed by atoms with E-state index in [1.165, 1.54) is 12.1 Å². The molecule has 0 spiro atoms. The van der Waals surface area contributed by atoms with Gasteiger partial charge in [-0.2, -0.15) is 0 Å². The van der Waals surface area contributed by atoms with Crippen molar-refractivity contribution in [3.8, 4) is 5.75 Å². The van der Waals surface area contributed by atoms with Gasteiger partial charge in [0.25, 0.3) is 0 Å². The summed E-state index contributed by atoms with van der Waals surface area (Å²) in [7, 11) is -3.85. The number of ether oxygens (including phenoxy) is 1. The Kier molecular flexibility index (Phi) is 7.10. The summed E-state index contributed by atoms with van der Waals surface area (Å²) in [4.78, 5) is 2.11. The van der Waals surface area contributed by atoms with Crippen LogP contribution in [0.5, 0.6) is 5.75 Å². The molecule has 184 valence electrons. The van der Waals surface area contributed by atoms with Gasteiger partial charge in [0.2, 0.25) is 10.0 Å². The topological polar surface area (TPSA) is 84.7 Å². The summed E-state index contributed by atoms with van der Waals surface area (Å²) in [5, 5.41) is 4.82. The third-order valence-corrected chi connectivity index (χ3v) is 7.14. The van der Waals surface area contributed by atoms with Gasteiger partial charge < -0.3 is 14.2 Å². The molecule has 1 atom stereocenters. The van der Waals surface area contributed by atoms with Gasteiger partial charge in [0.1, 0.15) is 11.6 Å². The zero-order chi connectivity index (χ0) is 24.3. The van der Waals surface area contributed by atoms with Gasteiger partial charge in [-0.15, -0.1) is 13.2 Å². The first kappa shape index (κ1) is 24.4. The van der Waals surface area contributed by atoms with Crippen LogP contribution >= 0.6 is 0 Å². The monoisotopic (exact) mass is 501 g/mol. The van der Waals surface area contributed by atoms with E-state index in [9.17, 15) is 26.0 Å². The van der Waals surface area contributed by atoms with Crippen molar-refractivity contribution in [3.63, 3.8) is 0 Å². The maximum Gasteiger partial charge on any atom is 0.573 e. The smallest absolute Gasteiger partial charge is 0.406 e. The Morgan fingerprint density at radius 3 is 2.68 bits per heavy atom. The van der Waals surface area contributed by atoms with E-state index >= 15 is 0 Å². The highest BCUT2D eigenvalue weighted by atomic mass is 32.2. The van der Waals surface area contributed by atoms with Crippen LogP contribution in [-0.4, -0.2) is 51.0 Å². The Bertz CT molecular complexity index is 1230. The third-order valence-electron chi connectivity index (χ3n) is 5.70. The number of hydrogen-bond donors (Lipinski definition) is 1. The van der Waals surface area contributed by atoms with Crippen molar-refractivity contribution in [3.05, 3.63) is 54.0 Å². The van der Waals surface area contributed by atoms with E-state index in [0.717, 1.165) is 67.8 Å². The molecular formula is C22H23F4N3O4S. The number of likely N-dealkylation sites (tertiary alicyclic amines) is 1. The molecule has 7 nitrogen and oxygen atoms in total. The predicted molar refractivity (Wildman–Crippen MR) is 115 cm³/mol. The molecule has 1 saturated heterocycles. The largest absolute Gasteiger partial charge is 0.573 e. The number of halogens is 4. The number of nitrogens with one attached hydrogen (secondary N) is 1. The minimum atomic E-state index is -4.84. The van der Waals surface area contributed by atoms with E-state index < -0.39 is 22.1 Å². The summed E-state index contributed by atoms with van der Waals surface area (Å²) in [6, 6.07) is 8.43. The molecule has 1 fully saturated rings. The Balaban J connectivity index is 1.22. The Labute approximate surface area is 193 Å². The van der Waals surface area contributed by atoms with Crippen molar-refractivity contribution >= 4 is 21.0 Å². The number of alkyl halides is 3. The van der Waals surface area contributed by atoms with Crippen LogP contribution in [-0.2, 0) is 16.4 Å². The highest BCUT2D eigenvalue weighted by Gasteiger charge is 2.31. The first-order valence-electron chi connectivity index (χ1n) is 10.7. The summed E-state index contributed by atoms with van der Waals surface area (Å²) in [6.07, 6.45) is -2.51. The van der Waals surface area contributed by atoms with E-state index in [1.807, 2.05) is 0 Å². The molecule has 0 bridgehead atoms. The average Bonchev–Trinajstić information content (AvgIpc) is 3.38. The first-order valence-corrected chi connectivity index (χ1v) is 12.2. The molecule has 4 rings (SSSR count). The van der Waals surface area contributed by atoms with E-state index in [4.69, 9.17) is 4.52 Å². The van der Waals surface area contributed by atoms with Gasteiger partial charge in [0.05, 0.1) is 10.6 Å². The van der Waals surface area contributed by atoms with Crippen molar-refractivity contribution in [1.82, 2.24) is 14.8 Å². The number of aryl methyl sites for hydroxylation is 1. The molecule has 3 aromatic rings. The quantitative estimate of drug-likeness (QED) is 0.445. The molecule has 12 heteroatoms. The van der Waals surface area contributed by atoms with Gasteiger partial charge in [-0.1, -0.05) is 5.16 Å². The Morgan fingerprint density at radius 1 is 1.18 bits per heavy atom. The van der Waals surface area contributed by atoms with Crippen molar-refractivity contribution in [2.24, 2.45) is 5.92 Å². The maximum absolute atomic E-state index is 13.3. The zero-order valence-corrected chi connectivity index (χ0v) is 18.8. The van der Waals surface area contributed by atoms with Crippen molar-refractivity contribution < 1.29 is 35.2 Å². The zero-order valence-electron chi connectivity index (χ0n) is 18.0. The van der Waals surface area contributed by atoms with Crippen LogP contribution in [0.1, 0.15) is 18.5 Å². The molecule has 2 heterocycles. The van der Waals surface area contributed by atoms with Crippen molar-refractivity contribution in [2.75, 3.05) is 26.2 Å². The van der Waals surface area contributed by atoms with Gasteiger partial charge in [0, 0.05) is 24.5 Å². The molecule has 0 amide bonds. The van der Waals surface area contributed by atoms with E-state index in [1.54, 1.807) is 6.07 Å². The fourth-order valence-corrected chi connectivity index (χ4v) is 5.14. The summed E-state index contributed by atoms with van der Waals surface area (Å²) < 4.78 is 86.4. The highest BCUT2D eigenvalue weighted by Crippen LogP contribution is 2.25. The number of fused-ring (bicyclic) bond motifs is 1. The summed E-state index contributed by atoms with van der Waals surface area (Å²) in [5.74, 6) is -0.733. The van der Waals surface area contributed by atoms with Gasteiger partial charge in [-0.3, -0.25) is 0 Å². The second-order valence-corrected chi connectivity index (χ2v) is 9.97. The number of hydrogen-bond acceptors (Lipinski definition) is 6. The van der Waals surface area contributed by atoms with E-state index in [2.05, 4.69) is 19.5 Å². The van der Waals surface area contributed by atoms with Crippen LogP contribution in [0.4, 0.5) is 17.6 Å². The highest BCUT2D eigenvalue weighted by molar-refractivity contribution is 7.89. The van der Waals surface area contributed by atoms with Crippen LogP contribution in [0.2, 0.25) is 0 Å². The summed E-state index contributed by atoms with van der Waals surface area (Å²) in [6.45, 7) is 2.60. The van der Waals surface area contributed by atoms with Crippen LogP contribution in [0.15, 0.2) is 51.9 Å². The SMILES string of the molecule is O=S(=O)(NCC1CCN(CCCc2noc3cc(F)ccc23)C1)c1ccc(OC(F)(F)F)cc1. The van der Waals surface area contributed by atoms with Crippen LogP contribution in [0.25, 0.3) is 11.0 Å². The second kappa shape index (κ2) is 9.88. The molecule has 0 saturated carbocycles. The minimum Gasteiger partial charge on any atom is -0.406 e. The lowest BCUT2D eigenvalue weighted by Gasteiger charge is -2.16. The number of rotatable bonds is 9. The van der Waals surface area contributed by atoms with Crippen molar-refractivity contribution in [1.29, 1.82) is 0 Å². The lowest BCUT2D eigenvalue weighted by Crippen LogP contribution is -2.31. The minimum absolute atomic E-state index is 0.124. The molecule has 2 aromatic carbocycles. The fourth-order valence-electron chi connectivity index (χ4n) is 4.03. The number of benzene rings is 2. The number of sulfonamides is 1. The van der Waals surface area contributed by atoms with Crippen LogP contribution < -0.4 is 9.46 Å². The van der Waals surface area contributed by atoms with Crippen molar-refractivity contribution in [2.45, 2.75) is 30.5 Å². The predicted octanol–water partition coefficient (Wildman–Crippen LogP) is 4.10. The lowest BCUT2D eigenvalue weighted by molar-refractivity contribution is -0.274. The average molecular weight is 502 g/mol. The van der Waals surface area contributed by atoms with Crippen LogP contribution in [0, 0.1) is 11.7 Å². The molecule has 1 aromatic heterocycles. The molecule has 0 aliphatic carbocycles. The Hall–Kier alpha value is -2.70. The van der Waals surface area contributed by atoms with Gasteiger partial charge in [0.15, 0.2) is 5.58 Å². The fraction of sp³-hybridized carbons (Fsp3) is 0.409. The molecule has 1 unspecified atom stereocenters. The second-order valence-electron chi connectivity index (χ2n) is 8.20. The summed E-state index contributed by atoms with van der Waals surface area (Å²) >= 11 is 0. The third kappa shape index (κ3) is 6.24. The maximum atomic E-state index is 13.3. The van der Waals surface area contributed by atoms with Gasteiger partial charge in [-0.05, 0) is 74.7 Å². The first-order chi connectivity index (χ1) is 16.1. The van der Waals surface area contributed by atoms with Gasteiger partial charge in [-0.25, -0.2) is 17.5 Å². The molecule has 34 heavy (non-hydrogen) atoms. The van der Waals surface area contributed by atoms with E-state index in [0.29, 0.717) is 12.0 Å². The van der Waals surface area contributed by atoms with Gasteiger partial charge >= 0.3 is 6.36 Å². The normalized spacial score (nSPS) is 17.5. The molecule has 0 radical (unpaired) electrons. The lowest BCUT2D eigenvalue weighted by atomic mass is 10.1. The standard InChI is InChI=1S/C22H23F4N3O4S/c23-16-3-8-19-20(28-33-21(19)12-16)2-1-10-29-11-9-15(14-29)13-27-34(30,31)18-6-4-17(5-7-18)32-22(24,25)26/h3-8,12,15,27H,1-2,9-11,13-14H2. The Morgan fingerprint density at radius 2 is 1.94 bits per heavy atom. The molecular weight excluding hydrogens is 478 g/mol. The molecule has 1 aliphatic rings. The summed E-state index contributed by atoms with van der Waals surface area (Å²) in [5.41, 5.74) is 1.20. The molecule has 1 N–H and O–H groups in total. The number of nitrogens with zero attached hydrogens (tertiary/aromatic N) is 2. The number of aromatic nitrogens is 1. The molecule has 1 aliphatic heterocycles. The van der Waals surface area contributed by atoms with Crippen LogP contribution in [0.3, 0.4) is 0 Å².